The van der Waals surface area contributed by atoms with Crippen LogP contribution in [-0.4, -0.2) is 27.2 Å². The number of fused-ring (bicyclic) bond motifs is 1. The maximum atomic E-state index is 9.74. The van der Waals surface area contributed by atoms with Gasteiger partial charge in [-0.2, -0.15) is 4.98 Å². The van der Waals surface area contributed by atoms with Crippen LogP contribution in [-0.2, 0) is 6.42 Å². The quantitative estimate of drug-likeness (QED) is 0.788. The lowest BCUT2D eigenvalue weighted by atomic mass is 10.1. The van der Waals surface area contributed by atoms with Crippen LogP contribution in [0.2, 0.25) is 0 Å². The van der Waals surface area contributed by atoms with Gasteiger partial charge >= 0.3 is 0 Å². The van der Waals surface area contributed by atoms with Crippen molar-refractivity contribution in [2.24, 2.45) is 0 Å². The summed E-state index contributed by atoms with van der Waals surface area (Å²) in [5, 5.41) is 13.8. The van der Waals surface area contributed by atoms with Gasteiger partial charge in [0.1, 0.15) is 10.6 Å². The number of thiophene rings is 1. The Bertz CT molecular complexity index is 559. The van der Waals surface area contributed by atoms with Gasteiger partial charge in [-0.05, 0) is 26.3 Å². The number of nitrogen functional groups attached to an aromatic ring is 1. The lowest BCUT2D eigenvalue weighted by molar-refractivity contribution is 0.0944. The molecule has 18 heavy (non-hydrogen) atoms. The van der Waals surface area contributed by atoms with Gasteiger partial charge in [0.25, 0.3) is 0 Å². The average Bonchev–Trinajstić information content (AvgIpc) is 2.67. The van der Waals surface area contributed by atoms with Crippen molar-refractivity contribution in [3.8, 4) is 0 Å². The van der Waals surface area contributed by atoms with Crippen LogP contribution in [0.25, 0.3) is 10.2 Å². The van der Waals surface area contributed by atoms with E-state index in [4.69, 9.17) is 5.73 Å². The minimum Gasteiger partial charge on any atom is -0.389 e. The van der Waals surface area contributed by atoms with Crippen LogP contribution in [0.5, 0.6) is 0 Å². The number of hydrogen-bond donors (Lipinski definition) is 3. The highest BCUT2D eigenvalue weighted by Gasteiger charge is 2.15. The number of rotatable bonds is 4. The maximum Gasteiger partial charge on any atom is 0.223 e. The molecule has 0 atom stereocenters. The zero-order valence-electron chi connectivity index (χ0n) is 10.8. The van der Waals surface area contributed by atoms with Gasteiger partial charge in [0.2, 0.25) is 5.95 Å². The molecule has 0 spiro atoms. The van der Waals surface area contributed by atoms with E-state index in [1.165, 1.54) is 4.88 Å². The number of nitrogens with two attached hydrogens (primary N) is 1. The summed E-state index contributed by atoms with van der Waals surface area (Å²) in [6, 6.07) is 2.08. The van der Waals surface area contributed by atoms with E-state index in [1.54, 1.807) is 25.2 Å². The first-order valence-corrected chi connectivity index (χ1v) is 6.73. The van der Waals surface area contributed by atoms with Crippen LogP contribution >= 0.6 is 11.3 Å². The monoisotopic (exact) mass is 266 g/mol. The molecule has 0 bridgehead atoms. The number of aryl methyl sites for hydroxylation is 1. The molecule has 0 aliphatic carbocycles. The normalized spacial score (nSPS) is 12.0. The second-order valence-electron chi connectivity index (χ2n) is 4.88. The first kappa shape index (κ1) is 13.0. The Morgan fingerprint density at radius 2 is 2.17 bits per heavy atom. The molecule has 0 radical (unpaired) electrons. The van der Waals surface area contributed by atoms with Crippen LogP contribution < -0.4 is 11.1 Å². The molecule has 2 heterocycles. The van der Waals surface area contributed by atoms with Crippen LogP contribution in [0.3, 0.4) is 0 Å². The topological polar surface area (TPSA) is 84.1 Å². The van der Waals surface area contributed by atoms with Crippen LogP contribution in [0.1, 0.15) is 25.6 Å². The molecule has 4 N–H and O–H groups in total. The van der Waals surface area contributed by atoms with Crippen LogP contribution in [0.15, 0.2) is 6.07 Å². The largest absolute Gasteiger partial charge is 0.389 e. The van der Waals surface area contributed by atoms with Gasteiger partial charge in [-0.25, -0.2) is 4.98 Å². The molecule has 0 saturated heterocycles. The molecule has 2 rings (SSSR count). The molecule has 0 amide bonds. The third kappa shape index (κ3) is 2.88. The van der Waals surface area contributed by atoms with E-state index in [2.05, 4.69) is 28.3 Å². The Morgan fingerprint density at radius 1 is 1.44 bits per heavy atom. The van der Waals surface area contributed by atoms with Gasteiger partial charge < -0.3 is 16.2 Å². The average molecular weight is 266 g/mol. The molecule has 5 nitrogen and oxygen atoms in total. The second kappa shape index (κ2) is 4.70. The highest BCUT2D eigenvalue weighted by molar-refractivity contribution is 7.18. The minimum atomic E-state index is -0.796. The molecular formula is C12H18N4OS. The molecule has 0 aliphatic heterocycles. The van der Waals surface area contributed by atoms with Gasteiger partial charge in [-0.3, -0.25) is 0 Å². The van der Waals surface area contributed by atoms with Crippen molar-refractivity contribution in [3.05, 3.63) is 10.9 Å². The fourth-order valence-corrected chi connectivity index (χ4v) is 2.57. The summed E-state index contributed by atoms with van der Waals surface area (Å²) >= 11 is 1.63. The SMILES string of the molecule is CCc1cc2c(NCC(C)(C)O)nc(N)nc2s1. The predicted octanol–water partition coefficient (Wildman–Crippen LogP) is 2.02. The minimum absolute atomic E-state index is 0.255. The number of anilines is 2. The van der Waals surface area contributed by atoms with E-state index >= 15 is 0 Å². The van der Waals surface area contributed by atoms with E-state index in [-0.39, 0.29) is 5.95 Å². The Balaban J connectivity index is 2.39. The second-order valence-corrected chi connectivity index (χ2v) is 6.00. The third-order valence-electron chi connectivity index (χ3n) is 2.50. The molecule has 0 fully saturated rings. The standard InChI is InChI=1S/C12H18N4OS/c1-4-7-5-8-9(14-6-12(2,3)17)15-11(13)16-10(8)18-7/h5,17H,4,6H2,1-3H3,(H3,13,14,15,16). The maximum absolute atomic E-state index is 9.74. The fraction of sp³-hybridized carbons (Fsp3) is 0.500. The molecule has 0 aromatic carbocycles. The molecule has 0 aliphatic rings. The summed E-state index contributed by atoms with van der Waals surface area (Å²) in [6.07, 6.45) is 0.964. The third-order valence-corrected chi connectivity index (χ3v) is 3.67. The summed E-state index contributed by atoms with van der Waals surface area (Å²) < 4.78 is 0. The molecule has 98 valence electrons. The zero-order valence-corrected chi connectivity index (χ0v) is 11.6. The Kier molecular flexibility index (Phi) is 3.41. The van der Waals surface area contributed by atoms with Crippen molar-refractivity contribution in [2.75, 3.05) is 17.6 Å². The Hall–Kier alpha value is -1.40. The van der Waals surface area contributed by atoms with Crippen LogP contribution in [0.4, 0.5) is 11.8 Å². The highest BCUT2D eigenvalue weighted by atomic mass is 32.1. The molecule has 2 aromatic rings. The highest BCUT2D eigenvalue weighted by Crippen LogP contribution is 2.29. The zero-order chi connectivity index (χ0) is 13.3. The molecule has 2 aromatic heterocycles. The van der Waals surface area contributed by atoms with Crippen molar-refractivity contribution in [2.45, 2.75) is 32.8 Å². The number of nitrogens with one attached hydrogen (secondary N) is 1. The van der Waals surface area contributed by atoms with Crippen molar-refractivity contribution < 1.29 is 5.11 Å². The number of aromatic nitrogens is 2. The van der Waals surface area contributed by atoms with Crippen molar-refractivity contribution in [3.63, 3.8) is 0 Å². The molecule has 6 heteroatoms. The number of nitrogens with zero attached hydrogens (tertiary/aromatic N) is 2. The predicted molar refractivity (Wildman–Crippen MR) is 76.0 cm³/mol. The van der Waals surface area contributed by atoms with E-state index in [9.17, 15) is 5.11 Å². The van der Waals surface area contributed by atoms with Gasteiger partial charge in [0.15, 0.2) is 0 Å². The lowest BCUT2D eigenvalue weighted by Gasteiger charge is -2.18. The van der Waals surface area contributed by atoms with Crippen molar-refractivity contribution in [1.29, 1.82) is 0 Å². The molecule has 0 unspecified atom stereocenters. The van der Waals surface area contributed by atoms with Gasteiger partial charge in [-0.15, -0.1) is 11.3 Å². The molecule has 0 saturated carbocycles. The van der Waals surface area contributed by atoms with E-state index in [0.29, 0.717) is 12.4 Å². The Morgan fingerprint density at radius 3 is 2.78 bits per heavy atom. The fourth-order valence-electron chi connectivity index (χ4n) is 1.60. The van der Waals surface area contributed by atoms with Crippen molar-refractivity contribution in [1.82, 2.24) is 9.97 Å². The molecular weight excluding hydrogens is 248 g/mol. The van der Waals surface area contributed by atoms with Gasteiger partial charge in [0.05, 0.1) is 11.0 Å². The van der Waals surface area contributed by atoms with E-state index in [1.807, 2.05) is 0 Å². The van der Waals surface area contributed by atoms with E-state index < -0.39 is 5.60 Å². The Labute approximate surface area is 110 Å². The van der Waals surface area contributed by atoms with E-state index in [0.717, 1.165) is 16.6 Å². The van der Waals surface area contributed by atoms with Crippen molar-refractivity contribution >= 4 is 33.3 Å². The number of aliphatic hydroxyl groups is 1. The van der Waals surface area contributed by atoms with Crippen LogP contribution in [0, 0.1) is 0 Å². The summed E-state index contributed by atoms with van der Waals surface area (Å²) in [7, 11) is 0. The van der Waals surface area contributed by atoms with Gasteiger partial charge in [0, 0.05) is 11.4 Å². The summed E-state index contributed by atoms with van der Waals surface area (Å²) in [4.78, 5) is 10.6. The summed E-state index contributed by atoms with van der Waals surface area (Å²) in [5.74, 6) is 0.945. The summed E-state index contributed by atoms with van der Waals surface area (Å²) in [5.41, 5.74) is 4.90. The first-order valence-electron chi connectivity index (χ1n) is 5.91. The summed E-state index contributed by atoms with van der Waals surface area (Å²) in [6.45, 7) is 6.00. The lowest BCUT2D eigenvalue weighted by Crippen LogP contribution is -2.29. The van der Waals surface area contributed by atoms with Gasteiger partial charge in [-0.1, -0.05) is 6.92 Å². The first-order chi connectivity index (χ1) is 8.39. The number of hydrogen-bond acceptors (Lipinski definition) is 6. The smallest absolute Gasteiger partial charge is 0.223 e.